The second kappa shape index (κ2) is 5.54. The lowest BCUT2D eigenvalue weighted by atomic mass is 9.82. The van der Waals surface area contributed by atoms with Crippen LogP contribution in [-0.4, -0.2) is 70.7 Å². The van der Waals surface area contributed by atoms with Crippen LogP contribution in [0.25, 0.3) is 0 Å². The fourth-order valence-corrected chi connectivity index (χ4v) is 3.91. The van der Waals surface area contributed by atoms with Crippen LogP contribution < -0.4 is 5.32 Å². The molecular formula is C15H30N2O3. The maximum atomic E-state index is 9.71. The molecule has 2 fully saturated rings. The number of nitrogens with zero attached hydrogens (tertiary/aromatic N) is 1. The van der Waals surface area contributed by atoms with Gasteiger partial charge in [-0.2, -0.15) is 0 Å². The first-order valence-corrected chi connectivity index (χ1v) is 7.69. The molecule has 2 rings (SSSR count). The Hall–Kier alpha value is -0.200. The van der Waals surface area contributed by atoms with Crippen LogP contribution in [0, 0.1) is 5.92 Å². The lowest BCUT2D eigenvalue weighted by Gasteiger charge is -2.33. The molecule has 0 aromatic carbocycles. The molecule has 20 heavy (non-hydrogen) atoms. The summed E-state index contributed by atoms with van der Waals surface area (Å²) in [7, 11) is 0. The van der Waals surface area contributed by atoms with E-state index in [-0.39, 0.29) is 17.2 Å². The number of ether oxygens (including phenoxy) is 1. The number of nitrogens with one attached hydrogen (secondary N) is 1. The van der Waals surface area contributed by atoms with E-state index in [2.05, 4.69) is 44.8 Å². The minimum atomic E-state index is -0.619. The third-order valence-corrected chi connectivity index (χ3v) is 4.78. The van der Waals surface area contributed by atoms with Gasteiger partial charge in [0.1, 0.15) is 0 Å². The molecule has 2 saturated heterocycles. The van der Waals surface area contributed by atoms with Crippen LogP contribution >= 0.6 is 0 Å². The highest BCUT2D eigenvalue weighted by atomic mass is 16.5. The van der Waals surface area contributed by atoms with E-state index in [1.54, 1.807) is 0 Å². The summed E-state index contributed by atoms with van der Waals surface area (Å²) >= 11 is 0. The Morgan fingerprint density at radius 2 is 1.65 bits per heavy atom. The molecule has 0 amide bonds. The number of hydrogen-bond acceptors (Lipinski definition) is 5. The van der Waals surface area contributed by atoms with Gasteiger partial charge in [-0.1, -0.05) is 6.92 Å². The maximum Gasteiger partial charge on any atom is 0.0938 e. The van der Waals surface area contributed by atoms with E-state index in [4.69, 9.17) is 4.74 Å². The molecule has 0 spiro atoms. The van der Waals surface area contributed by atoms with Crippen LogP contribution in [0.4, 0.5) is 0 Å². The van der Waals surface area contributed by atoms with Crippen molar-refractivity contribution in [1.82, 2.24) is 10.2 Å². The Bertz CT molecular complexity index is 336. The first kappa shape index (κ1) is 16.2. The average Bonchev–Trinajstić information content (AvgIpc) is 2.68. The smallest absolute Gasteiger partial charge is 0.0938 e. The van der Waals surface area contributed by atoms with Crippen molar-refractivity contribution in [3.05, 3.63) is 0 Å². The minimum Gasteiger partial charge on any atom is -0.389 e. The highest BCUT2D eigenvalue weighted by molar-refractivity contribution is 5.06. The van der Waals surface area contributed by atoms with Gasteiger partial charge in [0.2, 0.25) is 0 Å². The highest BCUT2D eigenvalue weighted by Gasteiger charge is 2.54. The number of likely N-dealkylation sites (N-methyl/N-ethyl adjacent to an activating group) is 1. The van der Waals surface area contributed by atoms with Crippen LogP contribution in [0.5, 0.6) is 0 Å². The molecule has 5 nitrogen and oxygen atoms in total. The van der Waals surface area contributed by atoms with E-state index in [9.17, 15) is 10.2 Å². The molecule has 0 aromatic rings. The molecule has 118 valence electrons. The minimum absolute atomic E-state index is 0.207. The summed E-state index contributed by atoms with van der Waals surface area (Å²) in [5.74, 6) is 0.329. The molecule has 2 heterocycles. The molecule has 4 atom stereocenters. The number of β-amino-alcohol motifs (C(OH)–C–C–N with tert-alkyl or cyclic N) is 2. The topological polar surface area (TPSA) is 65.0 Å². The highest BCUT2D eigenvalue weighted by Crippen LogP contribution is 2.42. The molecule has 0 aromatic heterocycles. The van der Waals surface area contributed by atoms with Gasteiger partial charge in [-0.05, 0) is 34.2 Å². The monoisotopic (exact) mass is 286 g/mol. The van der Waals surface area contributed by atoms with Crippen LogP contribution in [-0.2, 0) is 4.74 Å². The van der Waals surface area contributed by atoms with Gasteiger partial charge in [0, 0.05) is 31.6 Å². The number of aliphatic hydroxyl groups is 2. The van der Waals surface area contributed by atoms with Crippen molar-refractivity contribution in [3.63, 3.8) is 0 Å². The summed E-state index contributed by atoms with van der Waals surface area (Å²) in [5, 5.41) is 23.0. The largest absolute Gasteiger partial charge is 0.389 e. The molecule has 0 aliphatic carbocycles. The van der Waals surface area contributed by atoms with Crippen LogP contribution in [0.2, 0.25) is 0 Å². The van der Waals surface area contributed by atoms with E-state index >= 15 is 0 Å². The predicted octanol–water partition coefficient (Wildman–Crippen LogP) is 0.206. The van der Waals surface area contributed by atoms with Crippen LogP contribution in [0.1, 0.15) is 34.6 Å². The summed E-state index contributed by atoms with van der Waals surface area (Å²) in [5.41, 5.74) is -0.421. The number of rotatable bonds is 4. The average molecular weight is 286 g/mol. The summed E-state index contributed by atoms with van der Waals surface area (Å²) in [4.78, 5) is 2.15. The third kappa shape index (κ3) is 3.02. The summed E-state index contributed by atoms with van der Waals surface area (Å²) < 4.78 is 6.26. The molecule has 2 aliphatic heterocycles. The van der Waals surface area contributed by atoms with E-state index in [1.165, 1.54) is 0 Å². The number of aliphatic hydroxyl groups excluding tert-OH is 2. The number of hydrogen-bond donors (Lipinski definition) is 3. The number of likely N-dealkylation sites (tertiary alicyclic amines) is 1. The molecule has 4 unspecified atom stereocenters. The maximum absolute atomic E-state index is 9.71. The Morgan fingerprint density at radius 1 is 1.10 bits per heavy atom. The normalized spacial score (nSPS) is 40.4. The Kier molecular flexibility index (Phi) is 4.48. The van der Waals surface area contributed by atoms with Gasteiger partial charge >= 0.3 is 0 Å². The van der Waals surface area contributed by atoms with Crippen molar-refractivity contribution in [2.45, 2.75) is 64.1 Å². The predicted molar refractivity (Wildman–Crippen MR) is 78.7 cm³/mol. The van der Waals surface area contributed by atoms with E-state index in [1.807, 2.05) is 0 Å². The van der Waals surface area contributed by atoms with Crippen molar-refractivity contribution in [3.8, 4) is 0 Å². The van der Waals surface area contributed by atoms with E-state index in [0.29, 0.717) is 19.0 Å². The van der Waals surface area contributed by atoms with Crippen molar-refractivity contribution >= 4 is 0 Å². The summed E-state index contributed by atoms with van der Waals surface area (Å²) in [6.45, 7) is 13.5. The Balaban J connectivity index is 2.10. The van der Waals surface area contributed by atoms with Gasteiger partial charge in [-0.3, -0.25) is 4.90 Å². The molecule has 0 saturated carbocycles. The van der Waals surface area contributed by atoms with E-state index in [0.717, 1.165) is 13.1 Å². The van der Waals surface area contributed by atoms with Crippen molar-refractivity contribution in [1.29, 1.82) is 0 Å². The lowest BCUT2D eigenvalue weighted by Crippen LogP contribution is -2.50. The molecule has 2 aliphatic rings. The first-order chi connectivity index (χ1) is 9.17. The Labute approximate surface area is 122 Å². The zero-order valence-electron chi connectivity index (χ0n) is 13.4. The van der Waals surface area contributed by atoms with Crippen molar-refractivity contribution < 1.29 is 14.9 Å². The zero-order chi connectivity index (χ0) is 15.1. The fraction of sp³-hybridized carbons (Fsp3) is 1.00. The lowest BCUT2D eigenvalue weighted by molar-refractivity contribution is -0.0794. The van der Waals surface area contributed by atoms with Crippen molar-refractivity contribution in [2.24, 2.45) is 5.92 Å². The standard InChI is InChI=1S/C15H30N2O3/c1-6-16-13-10(14(2,3)20-15(13,4)5)7-17-8-11(18)12(19)9-17/h10-13,16,18-19H,6-9H2,1-5H3. The molecule has 0 radical (unpaired) electrons. The molecule has 3 N–H and O–H groups in total. The molecule has 0 bridgehead atoms. The van der Waals surface area contributed by atoms with Gasteiger partial charge in [0.25, 0.3) is 0 Å². The van der Waals surface area contributed by atoms with Gasteiger partial charge in [0.05, 0.1) is 23.4 Å². The summed E-state index contributed by atoms with van der Waals surface area (Å²) in [6, 6.07) is 0.275. The second-order valence-corrected chi connectivity index (χ2v) is 7.30. The molecular weight excluding hydrogens is 256 g/mol. The third-order valence-electron chi connectivity index (χ3n) is 4.78. The molecule has 5 heteroatoms. The zero-order valence-corrected chi connectivity index (χ0v) is 13.4. The fourth-order valence-electron chi connectivity index (χ4n) is 3.91. The van der Waals surface area contributed by atoms with E-state index < -0.39 is 12.2 Å². The van der Waals surface area contributed by atoms with Crippen LogP contribution in [0.15, 0.2) is 0 Å². The van der Waals surface area contributed by atoms with Crippen molar-refractivity contribution in [2.75, 3.05) is 26.2 Å². The van der Waals surface area contributed by atoms with Gasteiger partial charge in [0.15, 0.2) is 0 Å². The second-order valence-electron chi connectivity index (χ2n) is 7.30. The van der Waals surface area contributed by atoms with Gasteiger partial charge < -0.3 is 20.3 Å². The Morgan fingerprint density at radius 3 is 2.15 bits per heavy atom. The first-order valence-electron chi connectivity index (χ1n) is 7.69. The van der Waals surface area contributed by atoms with Crippen LogP contribution in [0.3, 0.4) is 0 Å². The van der Waals surface area contributed by atoms with Gasteiger partial charge in [-0.25, -0.2) is 0 Å². The van der Waals surface area contributed by atoms with Gasteiger partial charge in [-0.15, -0.1) is 0 Å². The summed E-state index contributed by atoms with van der Waals surface area (Å²) in [6.07, 6.45) is -1.24. The SMILES string of the molecule is CCNC1C(CN2CC(O)C(O)C2)C(C)(C)OC1(C)C. The quantitative estimate of drug-likeness (QED) is 0.689.